The second kappa shape index (κ2) is 5.89. The zero-order valence-corrected chi connectivity index (χ0v) is 11.6. The van der Waals surface area contributed by atoms with Crippen LogP contribution in [0.5, 0.6) is 5.75 Å². The Morgan fingerprint density at radius 2 is 2.00 bits per heavy atom. The standard InChI is InChI=1S/C15H20N2O2/c1-4-15(18)12-5-7-14(8-6-12)19-10-13-9-11(2)16-17(13)3/h5-9,15,18H,4,10H2,1-3H3. The van der Waals surface area contributed by atoms with E-state index >= 15 is 0 Å². The number of aliphatic hydroxyl groups is 1. The number of ether oxygens (including phenoxy) is 1. The molecule has 0 saturated heterocycles. The third kappa shape index (κ3) is 3.35. The molecule has 1 aromatic heterocycles. The van der Waals surface area contributed by atoms with Crippen LogP contribution in [0.2, 0.25) is 0 Å². The van der Waals surface area contributed by atoms with Gasteiger partial charge in [-0.05, 0) is 37.1 Å². The Labute approximate surface area is 113 Å². The highest BCUT2D eigenvalue weighted by molar-refractivity contribution is 5.28. The van der Waals surface area contributed by atoms with E-state index in [0.717, 1.165) is 22.7 Å². The van der Waals surface area contributed by atoms with Gasteiger partial charge in [0, 0.05) is 7.05 Å². The van der Waals surface area contributed by atoms with Gasteiger partial charge in [0.1, 0.15) is 12.4 Å². The van der Waals surface area contributed by atoms with E-state index in [2.05, 4.69) is 5.10 Å². The third-order valence-corrected chi connectivity index (χ3v) is 3.14. The molecule has 4 nitrogen and oxygen atoms in total. The number of nitrogens with zero attached hydrogens (tertiary/aromatic N) is 2. The smallest absolute Gasteiger partial charge is 0.130 e. The molecule has 0 bridgehead atoms. The van der Waals surface area contributed by atoms with Gasteiger partial charge in [-0.15, -0.1) is 0 Å². The number of aryl methyl sites for hydroxylation is 2. The van der Waals surface area contributed by atoms with Crippen molar-refractivity contribution in [1.29, 1.82) is 0 Å². The van der Waals surface area contributed by atoms with Gasteiger partial charge in [-0.3, -0.25) is 4.68 Å². The Bertz CT molecular complexity index is 532. The van der Waals surface area contributed by atoms with E-state index in [-0.39, 0.29) is 0 Å². The summed E-state index contributed by atoms with van der Waals surface area (Å²) in [5.41, 5.74) is 2.95. The van der Waals surface area contributed by atoms with Gasteiger partial charge >= 0.3 is 0 Å². The molecule has 19 heavy (non-hydrogen) atoms. The number of aromatic nitrogens is 2. The first-order valence-electron chi connectivity index (χ1n) is 6.50. The molecule has 0 aliphatic heterocycles. The van der Waals surface area contributed by atoms with Gasteiger partial charge < -0.3 is 9.84 Å². The van der Waals surface area contributed by atoms with Gasteiger partial charge in [-0.2, -0.15) is 5.10 Å². The number of benzene rings is 1. The fraction of sp³-hybridized carbons (Fsp3) is 0.400. The van der Waals surface area contributed by atoms with Crippen LogP contribution in [0.15, 0.2) is 30.3 Å². The lowest BCUT2D eigenvalue weighted by molar-refractivity contribution is 0.173. The molecule has 4 heteroatoms. The summed E-state index contributed by atoms with van der Waals surface area (Å²) >= 11 is 0. The maximum atomic E-state index is 9.71. The normalized spacial score (nSPS) is 12.4. The van der Waals surface area contributed by atoms with Crippen molar-refractivity contribution in [2.75, 3.05) is 0 Å². The predicted molar refractivity (Wildman–Crippen MR) is 74.0 cm³/mol. The van der Waals surface area contributed by atoms with Crippen molar-refractivity contribution < 1.29 is 9.84 Å². The second-order valence-corrected chi connectivity index (χ2v) is 4.68. The molecule has 2 aromatic rings. The molecule has 0 amide bonds. The van der Waals surface area contributed by atoms with E-state index in [0.29, 0.717) is 13.0 Å². The van der Waals surface area contributed by atoms with Gasteiger partial charge in [0.2, 0.25) is 0 Å². The zero-order valence-electron chi connectivity index (χ0n) is 11.6. The monoisotopic (exact) mass is 260 g/mol. The van der Waals surface area contributed by atoms with Crippen LogP contribution in [0.25, 0.3) is 0 Å². The largest absolute Gasteiger partial charge is 0.487 e. The molecule has 0 saturated carbocycles. The molecule has 1 unspecified atom stereocenters. The average Bonchev–Trinajstić information content (AvgIpc) is 2.74. The van der Waals surface area contributed by atoms with Crippen LogP contribution in [-0.4, -0.2) is 14.9 Å². The summed E-state index contributed by atoms with van der Waals surface area (Å²) in [5, 5.41) is 14.0. The van der Waals surface area contributed by atoms with E-state index in [1.165, 1.54) is 0 Å². The Morgan fingerprint density at radius 3 is 2.53 bits per heavy atom. The summed E-state index contributed by atoms with van der Waals surface area (Å²) in [5.74, 6) is 0.797. The molecule has 1 heterocycles. The lowest BCUT2D eigenvalue weighted by Gasteiger charge is -2.10. The zero-order chi connectivity index (χ0) is 13.8. The Kier molecular flexibility index (Phi) is 4.22. The Balaban J connectivity index is 1.98. The SMILES string of the molecule is CCC(O)c1ccc(OCc2cc(C)nn2C)cc1. The highest BCUT2D eigenvalue weighted by atomic mass is 16.5. The van der Waals surface area contributed by atoms with Gasteiger partial charge in [0.05, 0.1) is 17.5 Å². The van der Waals surface area contributed by atoms with Gasteiger partial charge in [0.15, 0.2) is 0 Å². The summed E-state index contributed by atoms with van der Waals surface area (Å²) in [6, 6.07) is 9.58. The van der Waals surface area contributed by atoms with Crippen LogP contribution in [-0.2, 0) is 13.7 Å². The summed E-state index contributed by atoms with van der Waals surface area (Å²) in [7, 11) is 1.91. The van der Waals surface area contributed by atoms with E-state index in [9.17, 15) is 5.11 Å². The minimum Gasteiger partial charge on any atom is -0.487 e. The fourth-order valence-electron chi connectivity index (χ4n) is 1.98. The minimum atomic E-state index is -0.395. The van der Waals surface area contributed by atoms with E-state index in [1.807, 2.05) is 55.9 Å². The van der Waals surface area contributed by atoms with E-state index in [1.54, 1.807) is 0 Å². The third-order valence-electron chi connectivity index (χ3n) is 3.14. The number of rotatable bonds is 5. The predicted octanol–water partition coefficient (Wildman–Crippen LogP) is 2.75. The maximum Gasteiger partial charge on any atom is 0.130 e. The molecule has 0 fully saturated rings. The molecular weight excluding hydrogens is 240 g/mol. The highest BCUT2D eigenvalue weighted by Crippen LogP contribution is 2.20. The van der Waals surface area contributed by atoms with Gasteiger partial charge in [0.25, 0.3) is 0 Å². The maximum absolute atomic E-state index is 9.71. The fourth-order valence-corrected chi connectivity index (χ4v) is 1.98. The number of hydrogen-bond acceptors (Lipinski definition) is 3. The van der Waals surface area contributed by atoms with Crippen LogP contribution in [0, 0.1) is 6.92 Å². The summed E-state index contributed by atoms with van der Waals surface area (Å²) in [6.07, 6.45) is 0.322. The summed E-state index contributed by atoms with van der Waals surface area (Å²) < 4.78 is 7.54. The Hall–Kier alpha value is -1.81. The molecular formula is C15H20N2O2. The first-order chi connectivity index (χ1) is 9.10. The average molecular weight is 260 g/mol. The van der Waals surface area contributed by atoms with Crippen LogP contribution in [0.1, 0.15) is 36.4 Å². The van der Waals surface area contributed by atoms with Crippen LogP contribution < -0.4 is 4.74 Å². The molecule has 1 N–H and O–H groups in total. The van der Waals surface area contributed by atoms with Crippen molar-refractivity contribution in [2.45, 2.75) is 33.0 Å². The first kappa shape index (κ1) is 13.6. The summed E-state index contributed by atoms with van der Waals surface area (Å²) in [6.45, 7) is 4.41. The van der Waals surface area contributed by atoms with Crippen molar-refractivity contribution in [3.63, 3.8) is 0 Å². The molecule has 1 atom stereocenters. The van der Waals surface area contributed by atoms with Crippen molar-refractivity contribution in [3.05, 3.63) is 47.3 Å². The van der Waals surface area contributed by atoms with Crippen molar-refractivity contribution in [2.24, 2.45) is 7.05 Å². The van der Waals surface area contributed by atoms with Crippen molar-refractivity contribution in [1.82, 2.24) is 9.78 Å². The molecule has 2 rings (SSSR count). The van der Waals surface area contributed by atoms with E-state index in [4.69, 9.17) is 4.74 Å². The van der Waals surface area contributed by atoms with E-state index < -0.39 is 6.10 Å². The van der Waals surface area contributed by atoms with Crippen molar-refractivity contribution in [3.8, 4) is 5.75 Å². The second-order valence-electron chi connectivity index (χ2n) is 4.68. The van der Waals surface area contributed by atoms with Crippen LogP contribution in [0.4, 0.5) is 0 Å². The van der Waals surface area contributed by atoms with Crippen LogP contribution >= 0.6 is 0 Å². The lowest BCUT2D eigenvalue weighted by atomic mass is 10.1. The molecule has 0 aliphatic rings. The highest BCUT2D eigenvalue weighted by Gasteiger charge is 2.06. The summed E-state index contributed by atoms with van der Waals surface area (Å²) in [4.78, 5) is 0. The van der Waals surface area contributed by atoms with Crippen molar-refractivity contribution >= 4 is 0 Å². The number of hydrogen-bond donors (Lipinski definition) is 1. The molecule has 1 aromatic carbocycles. The molecule has 102 valence electrons. The minimum absolute atomic E-state index is 0.395. The molecule has 0 spiro atoms. The molecule has 0 aliphatic carbocycles. The molecule has 0 radical (unpaired) electrons. The quantitative estimate of drug-likeness (QED) is 0.899. The lowest BCUT2D eigenvalue weighted by Crippen LogP contribution is -2.03. The van der Waals surface area contributed by atoms with Gasteiger partial charge in [-0.1, -0.05) is 19.1 Å². The first-order valence-corrected chi connectivity index (χ1v) is 6.50. The number of aliphatic hydroxyl groups excluding tert-OH is 1. The van der Waals surface area contributed by atoms with Gasteiger partial charge in [-0.25, -0.2) is 0 Å². The van der Waals surface area contributed by atoms with Crippen LogP contribution in [0.3, 0.4) is 0 Å². The topological polar surface area (TPSA) is 47.3 Å². The Morgan fingerprint density at radius 1 is 1.32 bits per heavy atom.